The van der Waals surface area contributed by atoms with Crippen molar-refractivity contribution in [1.82, 2.24) is 5.32 Å². The average Bonchev–Trinajstić information content (AvgIpc) is 2.30. The Morgan fingerprint density at radius 2 is 1.89 bits per heavy atom. The molecule has 0 rings (SSSR count). The molecule has 1 amide bonds. The lowest BCUT2D eigenvalue weighted by Crippen LogP contribution is -2.44. The van der Waals surface area contributed by atoms with Crippen molar-refractivity contribution in [2.24, 2.45) is 0 Å². The molecule has 0 saturated heterocycles. The third-order valence-electron chi connectivity index (χ3n) is 2.08. The van der Waals surface area contributed by atoms with Gasteiger partial charge in [0.15, 0.2) is 5.78 Å². The molecule has 0 saturated carbocycles. The van der Waals surface area contributed by atoms with E-state index < -0.39 is 23.7 Å². The third kappa shape index (κ3) is 7.96. The van der Waals surface area contributed by atoms with E-state index in [0.717, 1.165) is 0 Å². The predicted octanol–water partition coefficient (Wildman–Crippen LogP) is 1.59. The number of methoxy groups -OCH3 is 1. The molecule has 1 atom stereocenters. The Balaban J connectivity index is 4.51. The monoisotopic (exact) mass is 271 g/mol. The quantitative estimate of drug-likeness (QED) is 0.586. The Bertz CT molecular complexity index is 357. The number of hydrogen-bond acceptors (Lipinski definition) is 5. The summed E-state index contributed by atoms with van der Waals surface area (Å²) in [7, 11) is 1.21. The van der Waals surface area contributed by atoms with Gasteiger partial charge in [0.25, 0.3) is 0 Å². The molecule has 0 heterocycles. The summed E-state index contributed by atoms with van der Waals surface area (Å²) in [5, 5.41) is 2.38. The van der Waals surface area contributed by atoms with E-state index in [-0.39, 0.29) is 18.6 Å². The number of alkyl carbamates (subject to hydrolysis) is 1. The standard InChI is InChI=1S/C13H21NO5/c1-6-9(15)7-8-10(11(16)18-5)14-12(17)19-13(2,3)4/h6,10H,1,7-8H2,2-5H3,(H,14,17)/t10-/m0/s1. The first-order valence-electron chi connectivity index (χ1n) is 5.92. The van der Waals surface area contributed by atoms with Gasteiger partial charge in [-0.3, -0.25) is 4.79 Å². The highest BCUT2D eigenvalue weighted by molar-refractivity contribution is 5.90. The number of hydrogen-bond donors (Lipinski definition) is 1. The molecule has 19 heavy (non-hydrogen) atoms. The number of carbonyl (C=O) groups is 3. The Hall–Kier alpha value is -1.85. The Labute approximate surface area is 113 Å². The van der Waals surface area contributed by atoms with Gasteiger partial charge in [-0.1, -0.05) is 6.58 Å². The summed E-state index contributed by atoms with van der Waals surface area (Å²) in [6.45, 7) is 8.46. The van der Waals surface area contributed by atoms with Gasteiger partial charge in [0.1, 0.15) is 11.6 Å². The van der Waals surface area contributed by atoms with Crippen LogP contribution in [-0.2, 0) is 19.1 Å². The zero-order chi connectivity index (χ0) is 15.1. The molecule has 0 spiro atoms. The van der Waals surface area contributed by atoms with Crippen molar-refractivity contribution in [3.05, 3.63) is 12.7 Å². The number of allylic oxidation sites excluding steroid dienone is 1. The van der Waals surface area contributed by atoms with Crippen LogP contribution >= 0.6 is 0 Å². The lowest BCUT2D eigenvalue weighted by atomic mass is 10.1. The molecule has 0 aromatic rings. The second kappa shape index (κ2) is 7.56. The number of rotatable bonds is 6. The topological polar surface area (TPSA) is 81.7 Å². The molecule has 6 nitrogen and oxygen atoms in total. The van der Waals surface area contributed by atoms with Crippen LogP contribution in [0.4, 0.5) is 4.79 Å². The molecule has 0 aromatic carbocycles. The van der Waals surface area contributed by atoms with Gasteiger partial charge >= 0.3 is 12.1 Å². The van der Waals surface area contributed by atoms with Gasteiger partial charge in [0.2, 0.25) is 0 Å². The van der Waals surface area contributed by atoms with Gasteiger partial charge in [-0.05, 0) is 33.3 Å². The van der Waals surface area contributed by atoms with E-state index in [0.29, 0.717) is 0 Å². The van der Waals surface area contributed by atoms with Crippen LogP contribution in [0.5, 0.6) is 0 Å². The molecule has 108 valence electrons. The summed E-state index contributed by atoms with van der Waals surface area (Å²) in [4.78, 5) is 34.2. The Morgan fingerprint density at radius 1 is 1.32 bits per heavy atom. The van der Waals surface area contributed by atoms with E-state index in [4.69, 9.17) is 4.74 Å². The summed E-state index contributed by atoms with van der Waals surface area (Å²) in [6.07, 6.45) is 0.673. The SMILES string of the molecule is C=CC(=O)CC[C@H](NC(=O)OC(C)(C)C)C(=O)OC. The number of ketones is 1. The smallest absolute Gasteiger partial charge is 0.408 e. The van der Waals surface area contributed by atoms with Crippen LogP contribution in [0.2, 0.25) is 0 Å². The summed E-state index contributed by atoms with van der Waals surface area (Å²) in [6, 6.07) is -0.913. The van der Waals surface area contributed by atoms with E-state index in [9.17, 15) is 14.4 Å². The highest BCUT2D eigenvalue weighted by Crippen LogP contribution is 2.08. The highest BCUT2D eigenvalue weighted by Gasteiger charge is 2.25. The third-order valence-corrected chi connectivity index (χ3v) is 2.08. The second-order valence-electron chi connectivity index (χ2n) is 4.93. The number of ether oxygens (including phenoxy) is 2. The molecule has 0 fully saturated rings. The molecule has 6 heteroatoms. The van der Waals surface area contributed by atoms with E-state index in [1.165, 1.54) is 13.2 Å². The molecule has 0 aromatic heterocycles. The van der Waals surface area contributed by atoms with E-state index >= 15 is 0 Å². The molecule has 0 unspecified atom stereocenters. The van der Waals surface area contributed by atoms with Crippen LogP contribution in [0.1, 0.15) is 33.6 Å². The predicted molar refractivity (Wildman–Crippen MR) is 69.6 cm³/mol. The van der Waals surface area contributed by atoms with Gasteiger partial charge in [-0.15, -0.1) is 0 Å². The van der Waals surface area contributed by atoms with E-state index in [1.54, 1.807) is 20.8 Å². The number of amides is 1. The maximum Gasteiger partial charge on any atom is 0.408 e. The molecule has 0 bridgehead atoms. The van der Waals surface area contributed by atoms with Gasteiger partial charge in [0.05, 0.1) is 7.11 Å². The van der Waals surface area contributed by atoms with Crippen LogP contribution in [0, 0.1) is 0 Å². The molecule has 0 aliphatic rings. The maximum atomic E-state index is 11.6. The molecular weight excluding hydrogens is 250 g/mol. The van der Waals surface area contributed by atoms with Gasteiger partial charge in [-0.25, -0.2) is 9.59 Å². The zero-order valence-electron chi connectivity index (χ0n) is 11.8. The molecule has 0 radical (unpaired) electrons. The molecule has 1 N–H and O–H groups in total. The minimum Gasteiger partial charge on any atom is -0.467 e. The molecular formula is C13H21NO5. The summed E-state index contributed by atoms with van der Waals surface area (Å²) < 4.78 is 9.60. The van der Waals surface area contributed by atoms with Crippen LogP contribution in [0.25, 0.3) is 0 Å². The lowest BCUT2D eigenvalue weighted by molar-refractivity contribution is -0.143. The van der Waals surface area contributed by atoms with E-state index in [2.05, 4.69) is 16.6 Å². The molecule has 0 aliphatic heterocycles. The van der Waals surface area contributed by atoms with Crippen molar-refractivity contribution in [3.8, 4) is 0 Å². The summed E-state index contributed by atoms with van der Waals surface area (Å²) in [5.41, 5.74) is -0.665. The largest absolute Gasteiger partial charge is 0.467 e. The first kappa shape index (κ1) is 17.2. The normalized spacial score (nSPS) is 12.2. The fraction of sp³-hybridized carbons (Fsp3) is 0.615. The van der Waals surface area contributed by atoms with Crippen molar-refractivity contribution in [3.63, 3.8) is 0 Å². The van der Waals surface area contributed by atoms with E-state index in [1.807, 2.05) is 0 Å². The number of nitrogens with one attached hydrogen (secondary N) is 1. The summed E-state index contributed by atoms with van der Waals surface area (Å²) in [5.74, 6) is -0.831. The Kier molecular flexibility index (Phi) is 6.82. The first-order valence-corrected chi connectivity index (χ1v) is 5.92. The van der Waals surface area contributed by atoms with Crippen LogP contribution < -0.4 is 5.32 Å². The van der Waals surface area contributed by atoms with Crippen molar-refractivity contribution in [1.29, 1.82) is 0 Å². The van der Waals surface area contributed by atoms with Crippen LogP contribution in [0.15, 0.2) is 12.7 Å². The fourth-order valence-corrected chi connectivity index (χ4v) is 1.23. The molecule has 0 aliphatic carbocycles. The van der Waals surface area contributed by atoms with Crippen molar-refractivity contribution in [2.45, 2.75) is 45.3 Å². The minimum absolute atomic E-state index is 0.0963. The van der Waals surface area contributed by atoms with Gasteiger partial charge in [-0.2, -0.15) is 0 Å². The lowest BCUT2D eigenvalue weighted by Gasteiger charge is -2.22. The van der Waals surface area contributed by atoms with Gasteiger partial charge < -0.3 is 14.8 Å². The number of esters is 1. The zero-order valence-corrected chi connectivity index (χ0v) is 11.8. The van der Waals surface area contributed by atoms with Crippen molar-refractivity contribution >= 4 is 17.8 Å². The van der Waals surface area contributed by atoms with Crippen LogP contribution in [-0.4, -0.2) is 36.6 Å². The Morgan fingerprint density at radius 3 is 2.32 bits per heavy atom. The minimum atomic E-state index is -0.913. The number of carbonyl (C=O) groups excluding carboxylic acids is 3. The fourth-order valence-electron chi connectivity index (χ4n) is 1.23. The summed E-state index contributed by atoms with van der Waals surface area (Å²) >= 11 is 0. The highest BCUT2D eigenvalue weighted by atomic mass is 16.6. The van der Waals surface area contributed by atoms with Crippen molar-refractivity contribution in [2.75, 3.05) is 7.11 Å². The first-order chi connectivity index (χ1) is 8.69. The second-order valence-corrected chi connectivity index (χ2v) is 4.93. The average molecular weight is 271 g/mol. The van der Waals surface area contributed by atoms with Crippen LogP contribution in [0.3, 0.4) is 0 Å². The maximum absolute atomic E-state index is 11.6. The van der Waals surface area contributed by atoms with Gasteiger partial charge in [0, 0.05) is 6.42 Å². The van der Waals surface area contributed by atoms with Crippen molar-refractivity contribution < 1.29 is 23.9 Å².